The van der Waals surface area contributed by atoms with Crippen molar-refractivity contribution in [3.05, 3.63) is 69.6 Å². The number of rotatable bonds is 4. The lowest BCUT2D eigenvalue weighted by Gasteiger charge is -2.15. The number of hydrogen-bond acceptors (Lipinski definition) is 5. The molecule has 3 rings (SSSR count). The molecule has 2 aromatic carbocycles. The van der Waals surface area contributed by atoms with Crippen LogP contribution in [0.3, 0.4) is 0 Å². The molecule has 2 aromatic rings. The number of thiocarbonyl (C=S) groups is 1. The van der Waals surface area contributed by atoms with E-state index in [0.717, 1.165) is 11.8 Å². The summed E-state index contributed by atoms with van der Waals surface area (Å²) in [5.74, 6) is -2.46. The van der Waals surface area contributed by atoms with Crippen molar-refractivity contribution in [2.45, 2.75) is 6.92 Å². The van der Waals surface area contributed by atoms with Crippen LogP contribution in [-0.4, -0.2) is 32.4 Å². The van der Waals surface area contributed by atoms with Gasteiger partial charge in [0.15, 0.2) is 4.32 Å². The molecule has 0 aromatic heterocycles. The van der Waals surface area contributed by atoms with E-state index in [1.54, 1.807) is 37.3 Å². The van der Waals surface area contributed by atoms with Gasteiger partial charge in [-0.3, -0.25) is 9.69 Å². The molecule has 6 nitrogen and oxygen atoms in total. The minimum absolute atomic E-state index is 0.106. The van der Waals surface area contributed by atoms with E-state index in [1.807, 2.05) is 0 Å². The van der Waals surface area contributed by atoms with Crippen LogP contribution in [-0.2, 0) is 4.79 Å². The average molecular weight is 399 g/mol. The van der Waals surface area contributed by atoms with Gasteiger partial charge < -0.3 is 10.2 Å². The van der Waals surface area contributed by atoms with Crippen LogP contribution in [0.5, 0.6) is 0 Å². The molecule has 1 amide bonds. The quantitative estimate of drug-likeness (QED) is 0.596. The molecular weight excluding hydrogens is 386 g/mol. The Balaban J connectivity index is 1.92. The van der Waals surface area contributed by atoms with E-state index in [-0.39, 0.29) is 17.0 Å². The van der Waals surface area contributed by atoms with E-state index in [1.165, 1.54) is 23.1 Å². The van der Waals surface area contributed by atoms with Crippen molar-refractivity contribution in [3.8, 4) is 0 Å². The number of anilines is 1. The molecule has 1 saturated heterocycles. The Morgan fingerprint density at radius 1 is 1.07 bits per heavy atom. The number of amides is 1. The van der Waals surface area contributed by atoms with Crippen molar-refractivity contribution in [1.29, 1.82) is 0 Å². The Morgan fingerprint density at radius 3 is 2.33 bits per heavy atom. The third-order valence-corrected chi connectivity index (χ3v) is 5.26. The number of carboxylic acids is 2. The smallest absolute Gasteiger partial charge is 0.336 e. The molecular formula is C19H13NO5S2. The van der Waals surface area contributed by atoms with Crippen LogP contribution in [0.1, 0.15) is 31.8 Å². The Hall–Kier alpha value is -2.97. The number of hydrogen-bond donors (Lipinski definition) is 2. The maximum atomic E-state index is 12.8. The number of carbonyl (C=O) groups excluding carboxylic acids is 1. The summed E-state index contributed by atoms with van der Waals surface area (Å²) in [5, 5.41) is 18.2. The predicted octanol–water partition coefficient (Wildman–Crippen LogP) is 3.80. The molecule has 0 atom stereocenters. The topological polar surface area (TPSA) is 94.9 Å². The first-order valence-electron chi connectivity index (χ1n) is 7.73. The highest BCUT2D eigenvalue weighted by Gasteiger charge is 2.33. The zero-order chi connectivity index (χ0) is 19.7. The Morgan fingerprint density at radius 2 is 1.74 bits per heavy atom. The van der Waals surface area contributed by atoms with Gasteiger partial charge in [0, 0.05) is 0 Å². The number of thioether (sulfide) groups is 1. The molecule has 0 aliphatic carbocycles. The van der Waals surface area contributed by atoms with Crippen LogP contribution < -0.4 is 4.90 Å². The SMILES string of the molecule is Cc1ccc(N2C(=O)/C(=C/c3ccc(C(=O)O)cc3)SC2=S)cc1C(=O)O. The number of nitrogens with zero attached hydrogens (tertiary/aromatic N) is 1. The van der Waals surface area contributed by atoms with Crippen LogP contribution in [0.4, 0.5) is 5.69 Å². The van der Waals surface area contributed by atoms with Gasteiger partial charge in [-0.1, -0.05) is 42.2 Å². The first-order chi connectivity index (χ1) is 12.8. The first kappa shape index (κ1) is 18.8. The molecule has 27 heavy (non-hydrogen) atoms. The van der Waals surface area contributed by atoms with Crippen LogP contribution >= 0.6 is 24.0 Å². The van der Waals surface area contributed by atoms with Gasteiger partial charge in [-0.05, 0) is 48.4 Å². The molecule has 0 radical (unpaired) electrons. The molecule has 1 heterocycles. The molecule has 2 N–H and O–H groups in total. The van der Waals surface area contributed by atoms with Gasteiger partial charge in [0.2, 0.25) is 0 Å². The minimum Gasteiger partial charge on any atom is -0.478 e. The molecule has 1 aliphatic rings. The van der Waals surface area contributed by atoms with Gasteiger partial charge in [0.05, 0.1) is 21.7 Å². The summed E-state index contributed by atoms with van der Waals surface area (Å²) in [5.41, 5.74) is 1.90. The molecule has 1 fully saturated rings. The van der Waals surface area contributed by atoms with E-state index in [0.29, 0.717) is 26.0 Å². The van der Waals surface area contributed by atoms with Crippen molar-refractivity contribution >= 4 is 57.9 Å². The summed E-state index contributed by atoms with van der Waals surface area (Å²) in [6, 6.07) is 10.8. The number of benzene rings is 2. The van der Waals surface area contributed by atoms with Crippen molar-refractivity contribution in [1.82, 2.24) is 0 Å². The summed E-state index contributed by atoms with van der Waals surface area (Å²) in [6.07, 6.45) is 1.62. The lowest BCUT2D eigenvalue weighted by Crippen LogP contribution is -2.27. The van der Waals surface area contributed by atoms with Crippen LogP contribution in [0.2, 0.25) is 0 Å². The van der Waals surface area contributed by atoms with Gasteiger partial charge in [0.1, 0.15) is 0 Å². The van der Waals surface area contributed by atoms with Gasteiger partial charge in [-0.15, -0.1) is 0 Å². The molecule has 8 heteroatoms. The minimum atomic E-state index is -1.08. The second-order valence-electron chi connectivity index (χ2n) is 5.75. The monoisotopic (exact) mass is 399 g/mol. The second kappa shape index (κ2) is 7.34. The average Bonchev–Trinajstić information content (AvgIpc) is 2.89. The van der Waals surface area contributed by atoms with Gasteiger partial charge in [-0.25, -0.2) is 9.59 Å². The van der Waals surface area contributed by atoms with Gasteiger partial charge in [-0.2, -0.15) is 0 Å². The zero-order valence-electron chi connectivity index (χ0n) is 14.0. The fraction of sp³-hybridized carbons (Fsp3) is 0.0526. The van der Waals surface area contributed by atoms with E-state index in [4.69, 9.17) is 17.3 Å². The third kappa shape index (κ3) is 3.76. The summed E-state index contributed by atoms with van der Waals surface area (Å²) in [6.45, 7) is 1.68. The molecule has 0 saturated carbocycles. The van der Waals surface area contributed by atoms with Crippen molar-refractivity contribution in [2.24, 2.45) is 0 Å². The molecule has 0 spiro atoms. The predicted molar refractivity (Wildman–Crippen MR) is 107 cm³/mol. The summed E-state index contributed by atoms with van der Waals surface area (Å²) < 4.78 is 0.300. The van der Waals surface area contributed by atoms with Crippen molar-refractivity contribution in [3.63, 3.8) is 0 Å². The summed E-state index contributed by atoms with van der Waals surface area (Å²) in [4.78, 5) is 36.7. The van der Waals surface area contributed by atoms with Crippen molar-refractivity contribution in [2.75, 3.05) is 4.90 Å². The molecule has 136 valence electrons. The number of carbonyl (C=O) groups is 3. The van der Waals surface area contributed by atoms with Gasteiger partial charge in [0.25, 0.3) is 5.91 Å². The van der Waals surface area contributed by atoms with Crippen LogP contribution in [0.25, 0.3) is 6.08 Å². The van der Waals surface area contributed by atoms with Crippen LogP contribution in [0.15, 0.2) is 47.4 Å². The maximum Gasteiger partial charge on any atom is 0.336 e. The Labute approximate surface area is 164 Å². The third-order valence-electron chi connectivity index (χ3n) is 3.96. The molecule has 0 unspecified atom stereocenters. The van der Waals surface area contributed by atoms with E-state index < -0.39 is 11.9 Å². The zero-order valence-corrected chi connectivity index (χ0v) is 15.6. The standard InChI is InChI=1S/C19H13NO5S2/c1-10-2-7-13(9-14(10)18(24)25)20-16(21)15(27-19(20)26)8-11-3-5-12(6-4-11)17(22)23/h2-9H,1H3,(H,22,23)(H,24,25)/b15-8-. The van der Waals surface area contributed by atoms with E-state index in [2.05, 4.69) is 0 Å². The highest BCUT2D eigenvalue weighted by Crippen LogP contribution is 2.36. The normalized spacial score (nSPS) is 15.4. The van der Waals surface area contributed by atoms with E-state index in [9.17, 15) is 19.5 Å². The first-order valence-corrected chi connectivity index (χ1v) is 8.95. The summed E-state index contributed by atoms with van der Waals surface area (Å²) in [7, 11) is 0. The largest absolute Gasteiger partial charge is 0.478 e. The maximum absolute atomic E-state index is 12.8. The summed E-state index contributed by atoms with van der Waals surface area (Å²) >= 11 is 6.40. The number of carboxylic acid groups (broad SMARTS) is 2. The number of aryl methyl sites for hydroxylation is 1. The van der Waals surface area contributed by atoms with Gasteiger partial charge >= 0.3 is 11.9 Å². The fourth-order valence-corrected chi connectivity index (χ4v) is 3.84. The Kier molecular flexibility index (Phi) is 5.11. The highest BCUT2D eigenvalue weighted by molar-refractivity contribution is 8.27. The van der Waals surface area contributed by atoms with Crippen molar-refractivity contribution < 1.29 is 24.6 Å². The number of aromatic carboxylic acids is 2. The Bertz CT molecular complexity index is 1010. The molecule has 0 bridgehead atoms. The highest BCUT2D eigenvalue weighted by atomic mass is 32.2. The fourth-order valence-electron chi connectivity index (χ4n) is 2.54. The lowest BCUT2D eigenvalue weighted by atomic mass is 10.1. The molecule has 1 aliphatic heterocycles. The van der Waals surface area contributed by atoms with Crippen LogP contribution in [0, 0.1) is 6.92 Å². The second-order valence-corrected chi connectivity index (χ2v) is 7.42. The lowest BCUT2D eigenvalue weighted by molar-refractivity contribution is -0.113. The van der Waals surface area contributed by atoms with E-state index >= 15 is 0 Å².